The van der Waals surface area contributed by atoms with Crippen LogP contribution in [0.15, 0.2) is 42.9 Å². The molecule has 8 nitrogen and oxygen atoms in total. The van der Waals surface area contributed by atoms with Gasteiger partial charge in [-0.3, -0.25) is 4.79 Å². The minimum atomic E-state index is -0.587. The lowest BCUT2D eigenvalue weighted by Crippen LogP contribution is -2.51. The second-order valence-electron chi connectivity index (χ2n) is 8.07. The van der Waals surface area contributed by atoms with E-state index in [1.54, 1.807) is 12.4 Å². The number of halogens is 1. The number of benzene rings is 1. The molecule has 9 heteroatoms. The number of pyridine rings is 1. The summed E-state index contributed by atoms with van der Waals surface area (Å²) >= 11 is 0. The van der Waals surface area contributed by atoms with E-state index in [-0.39, 0.29) is 29.2 Å². The maximum atomic E-state index is 14.3. The minimum absolute atomic E-state index is 0.0751. The fraction of sp³-hybridized carbons (Fsp3) is 0.348. The van der Waals surface area contributed by atoms with Crippen LogP contribution in [0.3, 0.4) is 0 Å². The molecule has 1 fully saturated rings. The van der Waals surface area contributed by atoms with E-state index in [4.69, 9.17) is 5.26 Å². The zero-order valence-electron chi connectivity index (χ0n) is 18.0. The quantitative estimate of drug-likeness (QED) is 0.663. The van der Waals surface area contributed by atoms with Crippen molar-refractivity contribution < 1.29 is 9.18 Å². The van der Waals surface area contributed by atoms with Gasteiger partial charge in [0.1, 0.15) is 6.07 Å². The van der Waals surface area contributed by atoms with E-state index in [1.165, 1.54) is 11.0 Å². The summed E-state index contributed by atoms with van der Waals surface area (Å²) in [6.07, 6.45) is 6.34. The number of hydrogen-bond acceptors (Lipinski definition) is 6. The van der Waals surface area contributed by atoms with E-state index in [1.807, 2.05) is 36.1 Å². The molecule has 1 amide bonds. The van der Waals surface area contributed by atoms with Crippen molar-refractivity contribution in [3.05, 3.63) is 65.4 Å². The van der Waals surface area contributed by atoms with E-state index in [2.05, 4.69) is 27.4 Å². The molecule has 2 atom stereocenters. The van der Waals surface area contributed by atoms with Gasteiger partial charge in [-0.1, -0.05) is 18.6 Å². The maximum Gasteiger partial charge on any atom is 0.256 e. The SMILES string of the molecule is Cc1ccc(-n2nccn2)c(C(=O)N2CCC[C@@H](C)C2CNc2ncc(C#N)cc2F)c1. The smallest absolute Gasteiger partial charge is 0.256 e. The van der Waals surface area contributed by atoms with Crippen molar-refractivity contribution in [1.82, 2.24) is 24.9 Å². The molecule has 164 valence electrons. The first-order valence-electron chi connectivity index (χ1n) is 10.6. The van der Waals surface area contributed by atoms with Crippen molar-refractivity contribution in [2.45, 2.75) is 32.7 Å². The zero-order valence-corrected chi connectivity index (χ0v) is 18.0. The number of nitriles is 1. The van der Waals surface area contributed by atoms with Gasteiger partial charge in [0.25, 0.3) is 5.91 Å². The van der Waals surface area contributed by atoms with Crippen molar-refractivity contribution in [3.8, 4) is 11.8 Å². The Balaban J connectivity index is 1.60. The van der Waals surface area contributed by atoms with Crippen LogP contribution >= 0.6 is 0 Å². The number of nitrogens with zero attached hydrogens (tertiary/aromatic N) is 6. The molecule has 2 aromatic heterocycles. The number of carbonyl (C=O) groups excluding carboxylic acids is 1. The molecule has 0 spiro atoms. The zero-order chi connectivity index (χ0) is 22.7. The number of amides is 1. The first-order chi connectivity index (χ1) is 15.5. The molecule has 1 aliphatic heterocycles. The molecule has 0 radical (unpaired) electrons. The third-order valence-electron chi connectivity index (χ3n) is 5.84. The lowest BCUT2D eigenvalue weighted by atomic mass is 9.89. The van der Waals surface area contributed by atoms with Crippen LogP contribution < -0.4 is 5.32 Å². The Morgan fingerprint density at radius 3 is 2.81 bits per heavy atom. The molecule has 1 aromatic carbocycles. The van der Waals surface area contributed by atoms with Crippen LogP contribution in [0.4, 0.5) is 10.2 Å². The molecule has 0 saturated carbocycles. The average Bonchev–Trinajstić information content (AvgIpc) is 3.33. The van der Waals surface area contributed by atoms with E-state index in [0.29, 0.717) is 24.3 Å². The summed E-state index contributed by atoms with van der Waals surface area (Å²) < 4.78 is 14.3. The van der Waals surface area contributed by atoms with Crippen LogP contribution in [0.1, 0.15) is 41.3 Å². The number of carbonyl (C=O) groups is 1. The van der Waals surface area contributed by atoms with Gasteiger partial charge in [0.15, 0.2) is 11.6 Å². The maximum absolute atomic E-state index is 14.3. The highest BCUT2D eigenvalue weighted by Gasteiger charge is 2.33. The van der Waals surface area contributed by atoms with E-state index < -0.39 is 5.82 Å². The summed E-state index contributed by atoms with van der Waals surface area (Å²) in [5.74, 6) is -0.396. The summed E-state index contributed by atoms with van der Waals surface area (Å²) in [6.45, 7) is 5.00. The second kappa shape index (κ2) is 9.14. The monoisotopic (exact) mass is 433 g/mol. The van der Waals surface area contributed by atoms with Crippen LogP contribution in [0.5, 0.6) is 0 Å². The Hall–Kier alpha value is -3.80. The normalized spacial score (nSPS) is 18.2. The van der Waals surface area contributed by atoms with Crippen molar-refractivity contribution in [3.63, 3.8) is 0 Å². The van der Waals surface area contributed by atoms with Crippen molar-refractivity contribution in [2.75, 3.05) is 18.4 Å². The van der Waals surface area contributed by atoms with E-state index >= 15 is 0 Å². The second-order valence-corrected chi connectivity index (χ2v) is 8.07. The number of aryl methyl sites for hydroxylation is 1. The van der Waals surface area contributed by atoms with Gasteiger partial charge in [-0.05, 0) is 43.9 Å². The van der Waals surface area contributed by atoms with Crippen LogP contribution in [0.2, 0.25) is 0 Å². The van der Waals surface area contributed by atoms with Gasteiger partial charge in [0.2, 0.25) is 0 Å². The third-order valence-corrected chi connectivity index (χ3v) is 5.84. The molecule has 3 heterocycles. The summed E-state index contributed by atoms with van der Waals surface area (Å²) in [4.78, 5) is 21.0. The highest BCUT2D eigenvalue weighted by Crippen LogP contribution is 2.27. The highest BCUT2D eigenvalue weighted by molar-refractivity contribution is 5.98. The number of aromatic nitrogens is 4. The van der Waals surface area contributed by atoms with Crippen LogP contribution in [-0.4, -0.2) is 49.9 Å². The fourth-order valence-electron chi connectivity index (χ4n) is 4.13. The van der Waals surface area contributed by atoms with Crippen molar-refractivity contribution >= 4 is 11.7 Å². The van der Waals surface area contributed by atoms with Gasteiger partial charge >= 0.3 is 0 Å². The summed E-state index contributed by atoms with van der Waals surface area (Å²) in [6, 6.07) is 8.50. The number of anilines is 1. The predicted octanol–water partition coefficient (Wildman–Crippen LogP) is 3.33. The van der Waals surface area contributed by atoms with Gasteiger partial charge in [0.05, 0.1) is 35.2 Å². The standard InChI is InChI=1S/C23H24FN7O/c1-15-5-6-20(31-28-7-8-29-31)18(10-15)23(32)30-9-3-4-16(2)21(30)14-27-22-19(24)11-17(12-25)13-26-22/h5-8,10-11,13,16,21H,3-4,9,14H2,1-2H3,(H,26,27)/t16-,21?/m1/s1. The van der Waals surface area contributed by atoms with Crippen LogP contribution in [0.25, 0.3) is 5.69 Å². The Morgan fingerprint density at radius 2 is 2.09 bits per heavy atom. The molecule has 1 unspecified atom stereocenters. The molecule has 0 bridgehead atoms. The van der Waals surface area contributed by atoms with Gasteiger partial charge in [-0.2, -0.15) is 20.3 Å². The largest absolute Gasteiger partial charge is 0.366 e. The number of piperidine rings is 1. The molecule has 3 aromatic rings. The number of rotatable bonds is 5. The summed E-state index contributed by atoms with van der Waals surface area (Å²) in [5.41, 5.74) is 2.28. The fourth-order valence-corrected chi connectivity index (χ4v) is 4.13. The predicted molar refractivity (Wildman–Crippen MR) is 117 cm³/mol. The first kappa shape index (κ1) is 21.4. The molecule has 32 heavy (non-hydrogen) atoms. The van der Waals surface area contributed by atoms with Crippen molar-refractivity contribution in [2.24, 2.45) is 5.92 Å². The molecule has 1 saturated heterocycles. The number of nitrogens with one attached hydrogen (secondary N) is 1. The first-order valence-corrected chi connectivity index (χ1v) is 10.6. The number of likely N-dealkylation sites (tertiary alicyclic amines) is 1. The molecular weight excluding hydrogens is 409 g/mol. The van der Waals surface area contributed by atoms with Gasteiger partial charge in [-0.15, -0.1) is 0 Å². The molecule has 4 rings (SSSR count). The average molecular weight is 433 g/mol. The van der Waals surface area contributed by atoms with Gasteiger partial charge in [0, 0.05) is 19.3 Å². The van der Waals surface area contributed by atoms with Crippen molar-refractivity contribution in [1.29, 1.82) is 5.26 Å². The minimum Gasteiger partial charge on any atom is -0.366 e. The number of hydrogen-bond donors (Lipinski definition) is 1. The molecule has 1 N–H and O–H groups in total. The van der Waals surface area contributed by atoms with Crippen LogP contribution in [0, 0.1) is 30.0 Å². The topological polar surface area (TPSA) is 99.7 Å². The Kier molecular flexibility index (Phi) is 6.12. The highest BCUT2D eigenvalue weighted by atomic mass is 19.1. The van der Waals surface area contributed by atoms with Gasteiger partial charge < -0.3 is 10.2 Å². The lowest BCUT2D eigenvalue weighted by Gasteiger charge is -2.40. The Labute approximate surface area is 185 Å². The Bertz CT molecular complexity index is 1160. The Morgan fingerprint density at radius 1 is 1.31 bits per heavy atom. The van der Waals surface area contributed by atoms with Crippen LogP contribution in [-0.2, 0) is 0 Å². The summed E-state index contributed by atoms with van der Waals surface area (Å²) in [5, 5.41) is 20.3. The molecule has 0 aliphatic carbocycles. The van der Waals surface area contributed by atoms with E-state index in [0.717, 1.165) is 24.5 Å². The van der Waals surface area contributed by atoms with Gasteiger partial charge in [-0.25, -0.2) is 9.37 Å². The molecular formula is C23H24FN7O. The third kappa shape index (κ3) is 4.30. The van der Waals surface area contributed by atoms with E-state index in [9.17, 15) is 9.18 Å². The lowest BCUT2D eigenvalue weighted by molar-refractivity contribution is 0.0539. The molecule has 1 aliphatic rings. The summed E-state index contributed by atoms with van der Waals surface area (Å²) in [7, 11) is 0.